The fraction of sp³-hybridized carbons (Fsp3) is 0.619. The van der Waals surface area contributed by atoms with Crippen LogP contribution in [0.5, 0.6) is 0 Å². The normalized spacial score (nSPS) is 23.0. The van der Waals surface area contributed by atoms with Gasteiger partial charge in [0.05, 0.1) is 12.1 Å². The minimum absolute atomic E-state index is 0. The first kappa shape index (κ1) is 22.5. The smallest absolute Gasteiger partial charge is 0.325 e. The number of hydrogen-bond donors (Lipinski definition) is 2. The summed E-state index contributed by atoms with van der Waals surface area (Å²) < 4.78 is 0. The summed E-state index contributed by atoms with van der Waals surface area (Å²) in [6.07, 6.45) is 4.12. The monoisotopic (exact) mass is 409 g/mol. The lowest BCUT2D eigenvalue weighted by Crippen LogP contribution is -2.36. The third kappa shape index (κ3) is 5.17. The van der Waals surface area contributed by atoms with E-state index in [1.807, 2.05) is 34.1 Å². The highest BCUT2D eigenvalue weighted by molar-refractivity contribution is 5.95. The summed E-state index contributed by atoms with van der Waals surface area (Å²) in [4.78, 5) is 27.7. The maximum Gasteiger partial charge on any atom is 0.325 e. The quantitative estimate of drug-likeness (QED) is 0.722. The van der Waals surface area contributed by atoms with E-state index in [1.54, 1.807) is 0 Å². The van der Waals surface area contributed by atoms with Crippen LogP contribution in [0.4, 0.5) is 10.5 Å². The van der Waals surface area contributed by atoms with Gasteiger partial charge in [0.15, 0.2) is 0 Å². The van der Waals surface area contributed by atoms with Crippen LogP contribution >= 0.6 is 12.4 Å². The molecule has 2 N–H and O–H groups in total. The second-order valence-corrected chi connectivity index (χ2v) is 7.87. The molecule has 0 unspecified atom stereocenters. The highest BCUT2D eigenvalue weighted by Crippen LogP contribution is 2.30. The third-order valence-electron chi connectivity index (χ3n) is 6.13. The van der Waals surface area contributed by atoms with Gasteiger partial charge in [-0.3, -0.25) is 9.69 Å². The van der Waals surface area contributed by atoms with Gasteiger partial charge in [0.2, 0.25) is 0 Å². The van der Waals surface area contributed by atoms with E-state index in [0.29, 0.717) is 12.3 Å². The molecule has 2 aliphatic rings. The molecule has 2 saturated heterocycles. The van der Waals surface area contributed by atoms with Crippen LogP contribution in [0.3, 0.4) is 0 Å². The number of piperidine rings is 1. The van der Waals surface area contributed by atoms with Crippen LogP contribution in [-0.2, 0) is 11.2 Å². The SMILES string of the molecule is C[C@@H]1[C@H](C)N(CCC2CCNCC2)C(=O)N1c1ccc(CCC(=O)O)cc1.Cl. The molecule has 2 atom stereocenters. The van der Waals surface area contributed by atoms with E-state index in [1.165, 1.54) is 12.8 Å². The van der Waals surface area contributed by atoms with Gasteiger partial charge in [-0.25, -0.2) is 4.79 Å². The third-order valence-corrected chi connectivity index (χ3v) is 6.13. The maximum atomic E-state index is 13.1. The molecule has 28 heavy (non-hydrogen) atoms. The molecular formula is C21H32ClN3O3. The summed E-state index contributed by atoms with van der Waals surface area (Å²) in [6, 6.07) is 8.13. The first-order chi connectivity index (χ1) is 13.0. The Labute approximate surface area is 173 Å². The topological polar surface area (TPSA) is 72.9 Å². The number of carboxylic acid groups (broad SMARTS) is 1. The number of carboxylic acids is 1. The van der Waals surface area contributed by atoms with Gasteiger partial charge < -0.3 is 15.3 Å². The van der Waals surface area contributed by atoms with Gasteiger partial charge in [0, 0.05) is 18.7 Å². The summed E-state index contributed by atoms with van der Waals surface area (Å²) in [7, 11) is 0. The van der Waals surface area contributed by atoms with Crippen LogP contribution in [0, 0.1) is 5.92 Å². The molecule has 0 spiro atoms. The van der Waals surface area contributed by atoms with Gasteiger partial charge in [-0.2, -0.15) is 0 Å². The Morgan fingerprint density at radius 1 is 1.14 bits per heavy atom. The maximum absolute atomic E-state index is 13.1. The number of anilines is 1. The minimum atomic E-state index is -0.791. The highest BCUT2D eigenvalue weighted by atomic mass is 35.5. The molecule has 1 aromatic carbocycles. The second-order valence-electron chi connectivity index (χ2n) is 7.87. The standard InChI is InChI=1S/C21H31N3O3.ClH/c1-15-16(2)24(19-6-3-17(4-7-19)5-8-20(25)26)21(27)23(15)14-11-18-9-12-22-13-10-18;/h3-4,6-7,15-16,18,22H,5,8-14H2,1-2H3,(H,25,26);1H/t15-,16+;/m0./s1. The Balaban J connectivity index is 0.00000280. The molecule has 7 heteroatoms. The molecule has 2 heterocycles. The van der Waals surface area contributed by atoms with Crippen LogP contribution in [0.15, 0.2) is 24.3 Å². The molecular weight excluding hydrogens is 378 g/mol. The Morgan fingerprint density at radius 2 is 1.79 bits per heavy atom. The number of carbonyl (C=O) groups is 2. The number of rotatable bonds is 7. The van der Waals surface area contributed by atoms with Gasteiger partial charge in [-0.05, 0) is 76.2 Å². The summed E-state index contributed by atoms with van der Waals surface area (Å²) in [5.41, 5.74) is 1.87. The molecule has 0 aromatic heterocycles. The zero-order valence-electron chi connectivity index (χ0n) is 16.8. The fourth-order valence-corrected chi connectivity index (χ4v) is 4.17. The number of hydrogen-bond acceptors (Lipinski definition) is 3. The van der Waals surface area contributed by atoms with Crippen molar-refractivity contribution in [1.82, 2.24) is 10.2 Å². The number of carbonyl (C=O) groups excluding carboxylic acids is 1. The molecule has 0 aliphatic carbocycles. The lowest BCUT2D eigenvalue weighted by molar-refractivity contribution is -0.136. The molecule has 2 amide bonds. The van der Waals surface area contributed by atoms with Crippen molar-refractivity contribution in [3.05, 3.63) is 29.8 Å². The number of nitrogens with one attached hydrogen (secondary N) is 1. The molecule has 2 aliphatic heterocycles. The van der Waals surface area contributed by atoms with Crippen molar-refractivity contribution in [3.8, 4) is 0 Å². The van der Waals surface area contributed by atoms with Crippen molar-refractivity contribution in [1.29, 1.82) is 0 Å². The van der Waals surface area contributed by atoms with E-state index >= 15 is 0 Å². The van der Waals surface area contributed by atoms with E-state index in [-0.39, 0.29) is 36.9 Å². The number of benzene rings is 1. The van der Waals surface area contributed by atoms with E-state index in [9.17, 15) is 9.59 Å². The Kier molecular flexibility index (Phi) is 8.13. The predicted molar refractivity (Wildman–Crippen MR) is 113 cm³/mol. The number of amides is 2. The van der Waals surface area contributed by atoms with Crippen LogP contribution in [-0.4, -0.2) is 53.7 Å². The number of aryl methyl sites for hydroxylation is 1. The van der Waals surface area contributed by atoms with Crippen LogP contribution in [0.1, 0.15) is 45.1 Å². The van der Waals surface area contributed by atoms with Gasteiger partial charge in [-0.1, -0.05) is 12.1 Å². The van der Waals surface area contributed by atoms with E-state index < -0.39 is 5.97 Å². The zero-order valence-corrected chi connectivity index (χ0v) is 17.6. The molecule has 1 aromatic rings. The van der Waals surface area contributed by atoms with E-state index in [0.717, 1.165) is 37.3 Å². The second kappa shape index (κ2) is 10.1. The largest absolute Gasteiger partial charge is 0.481 e. The summed E-state index contributed by atoms with van der Waals surface area (Å²) in [5, 5.41) is 12.2. The molecule has 2 fully saturated rings. The Hall–Kier alpha value is -1.79. The van der Waals surface area contributed by atoms with Gasteiger partial charge in [-0.15, -0.1) is 12.4 Å². The predicted octanol–water partition coefficient (Wildman–Crippen LogP) is 3.53. The van der Waals surface area contributed by atoms with Crippen molar-refractivity contribution >= 4 is 30.1 Å². The van der Waals surface area contributed by atoms with Crippen molar-refractivity contribution in [2.75, 3.05) is 24.5 Å². The Morgan fingerprint density at radius 3 is 2.39 bits per heavy atom. The van der Waals surface area contributed by atoms with Crippen LogP contribution in [0.2, 0.25) is 0 Å². The Bertz CT molecular complexity index is 661. The minimum Gasteiger partial charge on any atom is -0.481 e. The highest BCUT2D eigenvalue weighted by Gasteiger charge is 2.41. The fourth-order valence-electron chi connectivity index (χ4n) is 4.17. The molecule has 6 nitrogen and oxygen atoms in total. The number of nitrogens with zero attached hydrogens (tertiary/aromatic N) is 2. The van der Waals surface area contributed by atoms with Crippen molar-refractivity contribution in [2.24, 2.45) is 5.92 Å². The van der Waals surface area contributed by atoms with Crippen LogP contribution < -0.4 is 10.2 Å². The lowest BCUT2D eigenvalue weighted by atomic mass is 9.94. The van der Waals surface area contributed by atoms with Crippen molar-refractivity contribution in [3.63, 3.8) is 0 Å². The van der Waals surface area contributed by atoms with Crippen molar-refractivity contribution < 1.29 is 14.7 Å². The first-order valence-corrected chi connectivity index (χ1v) is 10.1. The van der Waals surface area contributed by atoms with E-state index in [2.05, 4.69) is 19.2 Å². The average molecular weight is 410 g/mol. The molecule has 156 valence electrons. The lowest BCUT2D eigenvalue weighted by Gasteiger charge is -2.27. The van der Waals surface area contributed by atoms with Gasteiger partial charge >= 0.3 is 12.0 Å². The van der Waals surface area contributed by atoms with Crippen molar-refractivity contribution in [2.45, 2.75) is 58.0 Å². The van der Waals surface area contributed by atoms with E-state index in [4.69, 9.17) is 5.11 Å². The average Bonchev–Trinajstić information content (AvgIpc) is 2.88. The van der Waals surface area contributed by atoms with Crippen LogP contribution in [0.25, 0.3) is 0 Å². The molecule has 0 saturated carbocycles. The number of aliphatic carboxylic acids is 1. The molecule has 3 rings (SSSR count). The number of halogens is 1. The van der Waals surface area contributed by atoms with Gasteiger partial charge in [0.1, 0.15) is 0 Å². The molecule has 0 radical (unpaired) electrons. The number of urea groups is 1. The zero-order chi connectivity index (χ0) is 19.4. The first-order valence-electron chi connectivity index (χ1n) is 10.1. The summed E-state index contributed by atoms with van der Waals surface area (Å²) in [6.45, 7) is 7.23. The summed E-state index contributed by atoms with van der Waals surface area (Å²) >= 11 is 0. The van der Waals surface area contributed by atoms with Gasteiger partial charge in [0.25, 0.3) is 0 Å². The molecule has 0 bridgehead atoms. The summed E-state index contributed by atoms with van der Waals surface area (Å²) in [5.74, 6) is -0.0789.